The van der Waals surface area contributed by atoms with E-state index in [4.69, 9.17) is 16.3 Å². The van der Waals surface area contributed by atoms with E-state index in [9.17, 15) is 4.79 Å². The maximum absolute atomic E-state index is 11.6. The second-order valence-corrected chi connectivity index (χ2v) is 4.45. The number of ether oxygens (including phenoxy) is 1. The van der Waals surface area contributed by atoms with Gasteiger partial charge in [0.2, 0.25) is 0 Å². The van der Waals surface area contributed by atoms with Crippen LogP contribution in [-0.2, 0) is 4.74 Å². The largest absolute Gasteiger partial charge is 0.465 e. The van der Waals surface area contributed by atoms with Crippen LogP contribution < -0.4 is 0 Å². The third kappa shape index (κ3) is 2.03. The Hall–Kier alpha value is -1.13. The monoisotopic (exact) mass is 299 g/mol. The molecule has 5 heteroatoms. The van der Waals surface area contributed by atoms with E-state index in [0.717, 1.165) is 4.47 Å². The summed E-state index contributed by atoms with van der Waals surface area (Å²) in [6.07, 6.45) is 0. The number of carbonyl (C=O) groups excluding carboxylic acids is 1. The highest BCUT2D eigenvalue weighted by atomic mass is 79.9. The van der Waals surface area contributed by atoms with Crippen LogP contribution in [0.1, 0.15) is 10.4 Å². The molecule has 0 saturated carbocycles. The van der Waals surface area contributed by atoms with Gasteiger partial charge in [0.1, 0.15) is 5.15 Å². The molecule has 2 rings (SSSR count). The number of methoxy groups -OCH3 is 1. The molecule has 0 aliphatic heterocycles. The van der Waals surface area contributed by atoms with Gasteiger partial charge in [-0.25, -0.2) is 9.78 Å². The zero-order chi connectivity index (χ0) is 11.7. The van der Waals surface area contributed by atoms with E-state index in [2.05, 4.69) is 20.9 Å². The summed E-state index contributed by atoms with van der Waals surface area (Å²) >= 11 is 9.18. The number of hydrogen-bond acceptors (Lipinski definition) is 3. The third-order valence-corrected chi connectivity index (χ3v) is 2.83. The van der Waals surface area contributed by atoms with Gasteiger partial charge in [-0.1, -0.05) is 27.5 Å². The molecule has 3 nitrogen and oxygen atoms in total. The van der Waals surface area contributed by atoms with Crippen LogP contribution in [0.5, 0.6) is 0 Å². The minimum absolute atomic E-state index is 0.273. The Morgan fingerprint density at radius 1 is 1.44 bits per heavy atom. The van der Waals surface area contributed by atoms with E-state index >= 15 is 0 Å². The lowest BCUT2D eigenvalue weighted by Gasteiger charge is -2.05. The number of esters is 1. The van der Waals surface area contributed by atoms with Crippen LogP contribution in [0.15, 0.2) is 28.7 Å². The van der Waals surface area contributed by atoms with E-state index in [0.29, 0.717) is 16.5 Å². The van der Waals surface area contributed by atoms with Gasteiger partial charge in [-0.15, -0.1) is 0 Å². The van der Waals surface area contributed by atoms with Crippen molar-refractivity contribution in [3.8, 4) is 0 Å². The fraction of sp³-hybridized carbons (Fsp3) is 0.0909. The molecular weight excluding hydrogens is 293 g/mol. The molecule has 0 bridgehead atoms. The van der Waals surface area contributed by atoms with Crippen molar-refractivity contribution in [1.82, 2.24) is 4.98 Å². The van der Waals surface area contributed by atoms with Crippen molar-refractivity contribution in [2.75, 3.05) is 7.11 Å². The predicted octanol–water partition coefficient (Wildman–Crippen LogP) is 3.44. The molecule has 16 heavy (non-hydrogen) atoms. The van der Waals surface area contributed by atoms with Gasteiger partial charge in [-0.05, 0) is 24.3 Å². The van der Waals surface area contributed by atoms with Crippen LogP contribution in [0.3, 0.4) is 0 Å². The van der Waals surface area contributed by atoms with Crippen molar-refractivity contribution in [1.29, 1.82) is 0 Å². The van der Waals surface area contributed by atoms with Gasteiger partial charge < -0.3 is 4.74 Å². The molecule has 1 heterocycles. The average Bonchev–Trinajstić information content (AvgIpc) is 2.27. The van der Waals surface area contributed by atoms with Crippen LogP contribution in [-0.4, -0.2) is 18.1 Å². The van der Waals surface area contributed by atoms with Gasteiger partial charge in [0.05, 0.1) is 18.2 Å². The van der Waals surface area contributed by atoms with Gasteiger partial charge >= 0.3 is 5.97 Å². The molecule has 2 aromatic rings. The standard InChI is InChI=1S/C11H7BrClNO2/c1-16-11(15)8-5-10(13)14-9-3-2-6(12)4-7(8)9/h2-5H,1H3. The fourth-order valence-electron chi connectivity index (χ4n) is 1.44. The van der Waals surface area contributed by atoms with E-state index in [1.54, 1.807) is 6.07 Å². The number of aromatic nitrogens is 1. The third-order valence-electron chi connectivity index (χ3n) is 2.14. The summed E-state index contributed by atoms with van der Waals surface area (Å²) in [4.78, 5) is 15.7. The molecule has 0 unspecified atom stereocenters. The molecule has 0 N–H and O–H groups in total. The van der Waals surface area contributed by atoms with Gasteiger partial charge in [0.25, 0.3) is 0 Å². The summed E-state index contributed by atoms with van der Waals surface area (Å²) < 4.78 is 5.57. The molecule has 0 aliphatic rings. The molecule has 0 spiro atoms. The molecule has 0 fully saturated rings. The minimum atomic E-state index is -0.424. The first-order chi connectivity index (χ1) is 7.61. The highest BCUT2D eigenvalue weighted by Crippen LogP contribution is 2.24. The summed E-state index contributed by atoms with van der Waals surface area (Å²) in [7, 11) is 1.33. The van der Waals surface area contributed by atoms with E-state index in [1.165, 1.54) is 13.2 Å². The van der Waals surface area contributed by atoms with Crippen LogP contribution in [0.4, 0.5) is 0 Å². The maximum Gasteiger partial charge on any atom is 0.338 e. The Kier molecular flexibility index (Phi) is 3.12. The smallest absolute Gasteiger partial charge is 0.338 e. The van der Waals surface area contributed by atoms with E-state index in [-0.39, 0.29) is 5.15 Å². The Morgan fingerprint density at radius 2 is 2.19 bits per heavy atom. The van der Waals surface area contributed by atoms with Gasteiger partial charge in [-0.2, -0.15) is 0 Å². The van der Waals surface area contributed by atoms with Crippen molar-refractivity contribution in [3.05, 3.63) is 39.5 Å². The quantitative estimate of drug-likeness (QED) is 0.598. The zero-order valence-corrected chi connectivity index (χ0v) is 10.7. The highest BCUT2D eigenvalue weighted by Gasteiger charge is 2.12. The predicted molar refractivity (Wildman–Crippen MR) is 65.8 cm³/mol. The van der Waals surface area contributed by atoms with Crippen molar-refractivity contribution in [2.45, 2.75) is 0 Å². The van der Waals surface area contributed by atoms with Crippen LogP contribution in [0.2, 0.25) is 5.15 Å². The number of hydrogen-bond donors (Lipinski definition) is 0. The summed E-state index contributed by atoms with van der Waals surface area (Å²) in [5, 5.41) is 0.987. The molecule has 82 valence electrons. The van der Waals surface area contributed by atoms with Crippen molar-refractivity contribution in [2.24, 2.45) is 0 Å². The van der Waals surface area contributed by atoms with Gasteiger partial charge in [0, 0.05) is 9.86 Å². The lowest BCUT2D eigenvalue weighted by Crippen LogP contribution is -2.03. The fourth-order valence-corrected chi connectivity index (χ4v) is 2.01. The summed E-state index contributed by atoms with van der Waals surface area (Å²) in [5.41, 5.74) is 1.08. The number of benzene rings is 1. The van der Waals surface area contributed by atoms with Crippen molar-refractivity contribution in [3.63, 3.8) is 0 Å². The first kappa shape index (κ1) is 11.4. The molecule has 0 amide bonds. The van der Waals surface area contributed by atoms with E-state index < -0.39 is 5.97 Å². The SMILES string of the molecule is COC(=O)c1cc(Cl)nc2ccc(Br)cc12. The number of halogens is 2. The molecular formula is C11H7BrClNO2. The molecule has 0 atom stereocenters. The zero-order valence-electron chi connectivity index (χ0n) is 8.33. The molecule has 0 radical (unpaired) electrons. The first-order valence-electron chi connectivity index (χ1n) is 4.46. The minimum Gasteiger partial charge on any atom is -0.465 e. The second-order valence-electron chi connectivity index (χ2n) is 3.15. The second kappa shape index (κ2) is 4.39. The lowest BCUT2D eigenvalue weighted by molar-refractivity contribution is 0.0603. The van der Waals surface area contributed by atoms with Crippen LogP contribution >= 0.6 is 27.5 Å². The maximum atomic E-state index is 11.6. The Labute approximate surface area is 106 Å². The number of rotatable bonds is 1. The Morgan fingerprint density at radius 3 is 2.88 bits per heavy atom. The Bertz CT molecular complexity index is 571. The number of carbonyl (C=O) groups is 1. The molecule has 1 aromatic heterocycles. The highest BCUT2D eigenvalue weighted by molar-refractivity contribution is 9.10. The molecule has 0 aliphatic carbocycles. The number of fused-ring (bicyclic) bond motifs is 1. The summed E-state index contributed by atoms with van der Waals surface area (Å²) in [5.74, 6) is -0.424. The van der Waals surface area contributed by atoms with Crippen LogP contribution in [0, 0.1) is 0 Å². The molecule has 0 saturated heterocycles. The van der Waals surface area contributed by atoms with Crippen LogP contribution in [0.25, 0.3) is 10.9 Å². The van der Waals surface area contributed by atoms with E-state index in [1.807, 2.05) is 12.1 Å². The number of pyridine rings is 1. The van der Waals surface area contributed by atoms with Gasteiger partial charge in [-0.3, -0.25) is 0 Å². The first-order valence-corrected chi connectivity index (χ1v) is 5.63. The van der Waals surface area contributed by atoms with Gasteiger partial charge in [0.15, 0.2) is 0 Å². The summed E-state index contributed by atoms with van der Waals surface area (Å²) in [6, 6.07) is 6.94. The summed E-state index contributed by atoms with van der Waals surface area (Å²) in [6.45, 7) is 0. The Balaban J connectivity index is 2.79. The average molecular weight is 301 g/mol. The van der Waals surface area contributed by atoms with Crippen molar-refractivity contribution >= 4 is 44.4 Å². The molecule has 1 aromatic carbocycles. The normalized spacial score (nSPS) is 10.4. The lowest BCUT2D eigenvalue weighted by atomic mass is 10.1. The van der Waals surface area contributed by atoms with Crippen molar-refractivity contribution < 1.29 is 9.53 Å². The topological polar surface area (TPSA) is 39.2 Å². The number of nitrogens with zero attached hydrogens (tertiary/aromatic N) is 1.